The van der Waals surface area contributed by atoms with Crippen molar-refractivity contribution < 1.29 is 14.7 Å². The topological polar surface area (TPSA) is 165 Å². The number of nitrogens with zero attached hydrogens (tertiary/aromatic N) is 2. The Balaban J connectivity index is 1.50. The van der Waals surface area contributed by atoms with E-state index in [4.69, 9.17) is 5.73 Å². The van der Waals surface area contributed by atoms with Gasteiger partial charge in [-0.25, -0.2) is 9.59 Å². The molecule has 4 rings (SSSR count). The van der Waals surface area contributed by atoms with Gasteiger partial charge >= 0.3 is 11.8 Å². The predicted octanol–water partition coefficient (Wildman–Crippen LogP) is 1.55. The lowest BCUT2D eigenvalue weighted by Gasteiger charge is -2.41. The molecule has 188 valence electrons. The summed E-state index contributed by atoms with van der Waals surface area (Å²) in [5.74, 6) is -0.674. The number of piperazine rings is 1. The summed E-state index contributed by atoms with van der Waals surface area (Å²) in [7, 11) is 0. The fourth-order valence-corrected chi connectivity index (χ4v) is 4.42. The van der Waals surface area contributed by atoms with Crippen LogP contribution in [0, 0.1) is 0 Å². The Morgan fingerprint density at radius 2 is 1.86 bits per heavy atom. The number of carbonyl (C=O) groups is 2. The summed E-state index contributed by atoms with van der Waals surface area (Å²) in [6.45, 7) is 3.21. The van der Waals surface area contributed by atoms with Crippen molar-refractivity contribution in [2.24, 2.45) is 0 Å². The number of aromatic nitrogens is 2. The molecular weight excluding hydrogens is 464 g/mol. The Morgan fingerprint density at radius 3 is 2.58 bits per heavy atom. The Kier molecular flexibility index (Phi) is 7.09. The number of hydrogen-bond acceptors (Lipinski definition) is 6. The zero-order valence-electron chi connectivity index (χ0n) is 19.7. The summed E-state index contributed by atoms with van der Waals surface area (Å²) in [6.07, 6.45) is -0.330. The highest BCUT2D eigenvalue weighted by molar-refractivity contribution is 5.97. The maximum atomic E-state index is 12.7. The van der Waals surface area contributed by atoms with Crippen molar-refractivity contribution in [3.8, 4) is 0 Å². The van der Waals surface area contributed by atoms with E-state index in [1.807, 2.05) is 59.6 Å². The van der Waals surface area contributed by atoms with Crippen LogP contribution in [0.3, 0.4) is 0 Å². The van der Waals surface area contributed by atoms with Gasteiger partial charge in [0.05, 0.1) is 12.1 Å². The standard InChI is InChI=1S/C25H28N6O5/c1-15(27-23(33)21-20(26)22(32)29-24(34)28-21)17-8-5-9-18(13-17)30-10-11-31(25(35)36)19(14-30)12-16-6-3-2-4-7-16/h2-9,13,15,19H,10-12,14,26H2,1H3,(H,27,33)(H,35,36)(H2,28,29,32,34). The number of nitrogen functional groups attached to an aromatic ring is 1. The molecule has 11 heteroatoms. The molecule has 2 unspecified atom stereocenters. The smallest absolute Gasteiger partial charge is 0.407 e. The lowest BCUT2D eigenvalue weighted by Crippen LogP contribution is -2.55. The number of carbonyl (C=O) groups excluding carboxylic acids is 1. The van der Waals surface area contributed by atoms with E-state index in [0.717, 1.165) is 16.8 Å². The van der Waals surface area contributed by atoms with Crippen LogP contribution in [-0.2, 0) is 6.42 Å². The van der Waals surface area contributed by atoms with Crippen LogP contribution in [0.5, 0.6) is 0 Å². The van der Waals surface area contributed by atoms with E-state index >= 15 is 0 Å². The van der Waals surface area contributed by atoms with Gasteiger partial charge in [0.1, 0.15) is 11.4 Å². The number of anilines is 2. The summed E-state index contributed by atoms with van der Waals surface area (Å²) < 4.78 is 0. The van der Waals surface area contributed by atoms with E-state index in [1.54, 1.807) is 6.92 Å². The predicted molar refractivity (Wildman–Crippen MR) is 135 cm³/mol. The SMILES string of the molecule is CC(NC(=O)c1[nH]c(=O)[nH]c(=O)c1N)c1cccc(N2CCN(C(=O)O)C(Cc3ccccc3)C2)c1. The second-order valence-corrected chi connectivity index (χ2v) is 8.75. The first-order valence-corrected chi connectivity index (χ1v) is 11.5. The molecule has 0 bridgehead atoms. The largest absolute Gasteiger partial charge is 0.465 e. The maximum Gasteiger partial charge on any atom is 0.407 e. The fourth-order valence-electron chi connectivity index (χ4n) is 4.42. The molecule has 2 heterocycles. The minimum Gasteiger partial charge on any atom is -0.465 e. The molecule has 1 aliphatic rings. The van der Waals surface area contributed by atoms with Crippen LogP contribution >= 0.6 is 0 Å². The van der Waals surface area contributed by atoms with Gasteiger partial charge in [-0.3, -0.25) is 14.6 Å². The molecule has 0 spiro atoms. The number of nitrogens with two attached hydrogens (primary N) is 1. The van der Waals surface area contributed by atoms with Crippen LogP contribution in [-0.4, -0.2) is 57.7 Å². The van der Waals surface area contributed by atoms with Crippen molar-refractivity contribution in [3.05, 3.63) is 92.3 Å². The second-order valence-electron chi connectivity index (χ2n) is 8.75. The van der Waals surface area contributed by atoms with Gasteiger partial charge in [0.25, 0.3) is 11.5 Å². The number of rotatable bonds is 6. The van der Waals surface area contributed by atoms with Crippen LogP contribution in [0.15, 0.2) is 64.2 Å². The van der Waals surface area contributed by atoms with Crippen LogP contribution in [0.1, 0.15) is 34.6 Å². The Labute approximate surface area is 206 Å². The molecule has 3 aromatic rings. The minimum absolute atomic E-state index is 0.213. The van der Waals surface area contributed by atoms with Gasteiger partial charge in [-0.15, -0.1) is 0 Å². The lowest BCUT2D eigenvalue weighted by atomic mass is 10.0. The van der Waals surface area contributed by atoms with Crippen LogP contribution < -0.4 is 27.2 Å². The van der Waals surface area contributed by atoms with E-state index < -0.39 is 29.3 Å². The van der Waals surface area contributed by atoms with Gasteiger partial charge in [0.2, 0.25) is 0 Å². The molecule has 0 radical (unpaired) electrons. The zero-order chi connectivity index (χ0) is 25.8. The van der Waals surface area contributed by atoms with Gasteiger partial charge in [0.15, 0.2) is 0 Å². The number of amides is 2. The average molecular weight is 493 g/mol. The number of carboxylic acid groups (broad SMARTS) is 1. The average Bonchev–Trinajstić information content (AvgIpc) is 2.86. The van der Waals surface area contributed by atoms with Gasteiger partial charge in [-0.2, -0.15) is 0 Å². The highest BCUT2D eigenvalue weighted by Crippen LogP contribution is 2.25. The molecule has 11 nitrogen and oxygen atoms in total. The van der Waals surface area contributed by atoms with Crippen LogP contribution in [0.2, 0.25) is 0 Å². The third kappa shape index (κ3) is 5.40. The Morgan fingerprint density at radius 1 is 1.11 bits per heavy atom. The van der Waals surface area contributed by atoms with Crippen LogP contribution in [0.25, 0.3) is 0 Å². The third-order valence-corrected chi connectivity index (χ3v) is 6.33. The number of H-pyrrole nitrogens is 2. The first-order chi connectivity index (χ1) is 17.2. The highest BCUT2D eigenvalue weighted by Gasteiger charge is 2.31. The second kappa shape index (κ2) is 10.4. The summed E-state index contributed by atoms with van der Waals surface area (Å²) in [4.78, 5) is 55.7. The zero-order valence-corrected chi connectivity index (χ0v) is 19.7. The number of benzene rings is 2. The molecule has 1 aromatic heterocycles. The molecule has 36 heavy (non-hydrogen) atoms. The molecule has 1 aliphatic heterocycles. The molecule has 2 atom stereocenters. The third-order valence-electron chi connectivity index (χ3n) is 6.33. The maximum absolute atomic E-state index is 12.7. The van der Waals surface area contributed by atoms with Crippen molar-refractivity contribution in [1.82, 2.24) is 20.2 Å². The van der Waals surface area contributed by atoms with Gasteiger partial charge in [-0.05, 0) is 36.6 Å². The molecule has 2 amide bonds. The summed E-state index contributed by atoms with van der Waals surface area (Å²) in [6, 6.07) is 16.7. The first kappa shape index (κ1) is 24.6. The molecule has 1 fully saturated rings. The molecular formula is C25H28N6O5. The Bertz CT molecular complexity index is 1370. The molecule has 0 aliphatic carbocycles. The van der Waals surface area contributed by atoms with Gasteiger partial charge in [0, 0.05) is 25.3 Å². The minimum atomic E-state index is -0.933. The van der Waals surface area contributed by atoms with E-state index in [1.165, 1.54) is 4.90 Å². The quantitative estimate of drug-likeness (QED) is 0.348. The first-order valence-electron chi connectivity index (χ1n) is 11.5. The van der Waals surface area contributed by atoms with Gasteiger partial charge < -0.3 is 30.9 Å². The number of aromatic amines is 2. The number of nitrogens with one attached hydrogen (secondary N) is 3. The lowest BCUT2D eigenvalue weighted by molar-refractivity contribution is 0.0935. The highest BCUT2D eigenvalue weighted by atomic mass is 16.4. The summed E-state index contributed by atoms with van der Waals surface area (Å²) in [5, 5.41) is 12.5. The van der Waals surface area contributed by atoms with E-state index in [-0.39, 0.29) is 17.4 Å². The van der Waals surface area contributed by atoms with Crippen molar-refractivity contribution in [1.29, 1.82) is 0 Å². The van der Waals surface area contributed by atoms with E-state index in [9.17, 15) is 24.3 Å². The Hall–Kier alpha value is -4.54. The number of hydrogen-bond donors (Lipinski definition) is 5. The van der Waals surface area contributed by atoms with Crippen molar-refractivity contribution in [2.45, 2.75) is 25.4 Å². The summed E-state index contributed by atoms with van der Waals surface area (Å²) >= 11 is 0. The molecule has 2 aromatic carbocycles. The summed E-state index contributed by atoms with van der Waals surface area (Å²) in [5.41, 5.74) is 6.12. The van der Waals surface area contributed by atoms with E-state index in [0.29, 0.717) is 26.1 Å². The molecule has 6 N–H and O–H groups in total. The van der Waals surface area contributed by atoms with E-state index in [2.05, 4.69) is 15.2 Å². The monoisotopic (exact) mass is 492 g/mol. The van der Waals surface area contributed by atoms with Crippen LogP contribution in [0.4, 0.5) is 16.2 Å². The molecule has 1 saturated heterocycles. The molecule has 0 saturated carbocycles. The van der Waals surface area contributed by atoms with Crippen molar-refractivity contribution in [3.63, 3.8) is 0 Å². The fraction of sp³-hybridized carbons (Fsp3) is 0.280. The normalized spacial score (nSPS) is 16.4. The van der Waals surface area contributed by atoms with Crippen molar-refractivity contribution >= 4 is 23.4 Å². The van der Waals surface area contributed by atoms with Crippen molar-refractivity contribution in [2.75, 3.05) is 30.3 Å². The van der Waals surface area contributed by atoms with Gasteiger partial charge in [-0.1, -0.05) is 42.5 Å².